The van der Waals surface area contributed by atoms with Crippen molar-refractivity contribution in [1.82, 2.24) is 4.72 Å². The van der Waals surface area contributed by atoms with Crippen molar-refractivity contribution in [2.24, 2.45) is 5.92 Å². The predicted molar refractivity (Wildman–Crippen MR) is 116 cm³/mol. The first-order valence-corrected chi connectivity index (χ1v) is 11.1. The van der Waals surface area contributed by atoms with Gasteiger partial charge in [-0.05, 0) is 55.5 Å². The molecular formula is C22H28ClNO4S. The van der Waals surface area contributed by atoms with Crippen molar-refractivity contribution in [3.63, 3.8) is 0 Å². The molecule has 0 aliphatic carbocycles. The predicted octanol–water partition coefficient (Wildman–Crippen LogP) is 4.30. The lowest BCUT2D eigenvalue weighted by atomic mass is 9.83. The molecule has 1 N–H and O–H groups in total. The highest BCUT2D eigenvalue weighted by atomic mass is 35.5. The SMILES string of the molecule is CCC(C[C@@H]1C[C@@H](c2ccccc2)c2cc(OC)ccc2S(=O)(=O)N1)C(C)=O.Cl. The molecule has 1 heterocycles. The van der Waals surface area contributed by atoms with E-state index in [1.807, 2.05) is 43.3 Å². The van der Waals surface area contributed by atoms with E-state index in [9.17, 15) is 13.2 Å². The zero-order chi connectivity index (χ0) is 20.3. The van der Waals surface area contributed by atoms with Crippen LogP contribution in [-0.2, 0) is 14.8 Å². The van der Waals surface area contributed by atoms with Gasteiger partial charge in [0.15, 0.2) is 0 Å². The Kier molecular flexibility index (Phi) is 7.86. The quantitative estimate of drug-likeness (QED) is 0.731. The maximum atomic E-state index is 13.1. The highest BCUT2D eigenvalue weighted by Crippen LogP contribution is 2.39. The normalized spacial score (nSPS) is 21.2. The van der Waals surface area contributed by atoms with E-state index in [2.05, 4.69) is 4.72 Å². The molecule has 2 aromatic carbocycles. The summed E-state index contributed by atoms with van der Waals surface area (Å²) in [6.45, 7) is 3.54. The molecule has 0 saturated carbocycles. The molecule has 0 saturated heterocycles. The second-order valence-electron chi connectivity index (χ2n) is 7.37. The van der Waals surface area contributed by atoms with Crippen LogP contribution in [0, 0.1) is 5.92 Å². The lowest BCUT2D eigenvalue weighted by Gasteiger charge is -2.24. The average Bonchev–Trinajstić information content (AvgIpc) is 2.79. The van der Waals surface area contributed by atoms with Gasteiger partial charge in [-0.25, -0.2) is 13.1 Å². The highest BCUT2D eigenvalue weighted by Gasteiger charge is 2.35. The van der Waals surface area contributed by atoms with E-state index in [0.29, 0.717) is 25.0 Å². The molecule has 3 atom stereocenters. The maximum absolute atomic E-state index is 13.1. The first-order valence-electron chi connectivity index (χ1n) is 9.61. The Morgan fingerprint density at radius 3 is 2.48 bits per heavy atom. The molecule has 0 radical (unpaired) electrons. The van der Waals surface area contributed by atoms with Crippen molar-refractivity contribution in [1.29, 1.82) is 0 Å². The Labute approximate surface area is 179 Å². The molecule has 29 heavy (non-hydrogen) atoms. The van der Waals surface area contributed by atoms with E-state index < -0.39 is 10.0 Å². The minimum atomic E-state index is -3.69. The van der Waals surface area contributed by atoms with E-state index in [1.165, 1.54) is 0 Å². The summed E-state index contributed by atoms with van der Waals surface area (Å²) in [6, 6.07) is 14.7. The zero-order valence-corrected chi connectivity index (χ0v) is 18.6. The summed E-state index contributed by atoms with van der Waals surface area (Å²) < 4.78 is 34.4. The summed E-state index contributed by atoms with van der Waals surface area (Å²) >= 11 is 0. The molecule has 158 valence electrons. The molecule has 1 aliphatic heterocycles. The Bertz CT molecular complexity index is 947. The van der Waals surface area contributed by atoms with Crippen molar-refractivity contribution < 1.29 is 17.9 Å². The van der Waals surface area contributed by atoms with Gasteiger partial charge in [-0.15, -0.1) is 12.4 Å². The number of ketones is 1. The molecule has 0 fully saturated rings. The number of nitrogens with one attached hydrogen (secondary N) is 1. The molecule has 0 spiro atoms. The van der Waals surface area contributed by atoms with Gasteiger partial charge >= 0.3 is 0 Å². The molecule has 7 heteroatoms. The molecule has 5 nitrogen and oxygen atoms in total. The number of sulfonamides is 1. The van der Waals surface area contributed by atoms with E-state index in [4.69, 9.17) is 4.74 Å². The van der Waals surface area contributed by atoms with E-state index in [-0.39, 0.29) is 41.0 Å². The number of hydrogen-bond donors (Lipinski definition) is 1. The number of halogens is 1. The summed E-state index contributed by atoms with van der Waals surface area (Å²) in [5.74, 6) is 0.468. The van der Waals surface area contributed by atoms with Crippen molar-refractivity contribution in [3.05, 3.63) is 59.7 Å². The van der Waals surface area contributed by atoms with Crippen LogP contribution in [0.15, 0.2) is 53.4 Å². The molecule has 1 unspecified atom stereocenters. The average molecular weight is 438 g/mol. The molecule has 0 aromatic heterocycles. The largest absolute Gasteiger partial charge is 0.497 e. The third-order valence-corrected chi connectivity index (χ3v) is 7.16. The highest BCUT2D eigenvalue weighted by molar-refractivity contribution is 7.89. The lowest BCUT2D eigenvalue weighted by Crippen LogP contribution is -2.36. The standard InChI is InChI=1S/C22H27NO4S.ClH/c1-4-16(15(2)24)12-18-13-20(17-8-6-5-7-9-17)21-14-19(27-3)10-11-22(21)28(25,26)23-18;/h5-11,14,16,18,20,23H,4,12-13H2,1-3H3;1H/t16?,18-,20+;/m1./s1. The monoisotopic (exact) mass is 437 g/mol. The zero-order valence-electron chi connectivity index (χ0n) is 16.9. The summed E-state index contributed by atoms with van der Waals surface area (Å²) in [6.07, 6.45) is 1.79. The van der Waals surface area contributed by atoms with Crippen LogP contribution in [0.1, 0.15) is 50.2 Å². The van der Waals surface area contributed by atoms with Gasteiger partial charge in [-0.2, -0.15) is 0 Å². The number of methoxy groups -OCH3 is 1. The number of fused-ring (bicyclic) bond motifs is 1. The summed E-state index contributed by atoms with van der Waals surface area (Å²) in [7, 11) is -2.12. The number of benzene rings is 2. The number of rotatable bonds is 6. The Morgan fingerprint density at radius 1 is 1.21 bits per heavy atom. The fourth-order valence-electron chi connectivity index (χ4n) is 4.02. The second-order valence-corrected chi connectivity index (χ2v) is 9.05. The van der Waals surface area contributed by atoms with E-state index in [0.717, 1.165) is 11.1 Å². The fourth-order valence-corrected chi connectivity index (χ4v) is 5.54. The minimum Gasteiger partial charge on any atom is -0.497 e. The van der Waals surface area contributed by atoms with Gasteiger partial charge in [-0.3, -0.25) is 4.79 Å². The Balaban J connectivity index is 0.00000300. The van der Waals surface area contributed by atoms with Gasteiger partial charge in [0.05, 0.1) is 12.0 Å². The fraction of sp³-hybridized carbons (Fsp3) is 0.409. The van der Waals surface area contributed by atoms with Gasteiger partial charge in [0, 0.05) is 17.9 Å². The van der Waals surface area contributed by atoms with Crippen molar-refractivity contribution in [2.45, 2.75) is 50.0 Å². The Morgan fingerprint density at radius 2 is 1.90 bits per heavy atom. The van der Waals surface area contributed by atoms with E-state index in [1.54, 1.807) is 26.2 Å². The lowest BCUT2D eigenvalue weighted by molar-refractivity contribution is -0.121. The van der Waals surface area contributed by atoms with Gasteiger partial charge in [0.25, 0.3) is 0 Å². The third kappa shape index (κ3) is 5.18. The van der Waals surface area contributed by atoms with Gasteiger partial charge in [0.1, 0.15) is 11.5 Å². The molecule has 0 amide bonds. The van der Waals surface area contributed by atoms with E-state index >= 15 is 0 Å². The number of ether oxygens (including phenoxy) is 1. The van der Waals surface area contributed by atoms with Crippen LogP contribution in [0.3, 0.4) is 0 Å². The topological polar surface area (TPSA) is 72.5 Å². The summed E-state index contributed by atoms with van der Waals surface area (Å²) in [5.41, 5.74) is 1.79. The summed E-state index contributed by atoms with van der Waals surface area (Å²) in [4.78, 5) is 12.2. The minimum absolute atomic E-state index is 0. The van der Waals surface area contributed by atoms with Crippen LogP contribution in [0.5, 0.6) is 5.75 Å². The van der Waals surface area contributed by atoms with Crippen molar-refractivity contribution >= 4 is 28.2 Å². The van der Waals surface area contributed by atoms with Crippen molar-refractivity contribution in [2.75, 3.05) is 7.11 Å². The van der Waals surface area contributed by atoms with Crippen LogP contribution in [-0.4, -0.2) is 27.4 Å². The molecule has 0 bridgehead atoms. The molecule has 3 rings (SSSR count). The number of carbonyl (C=O) groups excluding carboxylic acids is 1. The number of carbonyl (C=O) groups is 1. The van der Waals surface area contributed by atoms with Gasteiger partial charge < -0.3 is 4.74 Å². The van der Waals surface area contributed by atoms with Crippen LogP contribution < -0.4 is 9.46 Å². The van der Waals surface area contributed by atoms with Crippen LogP contribution in [0.4, 0.5) is 0 Å². The smallest absolute Gasteiger partial charge is 0.241 e. The summed E-state index contributed by atoms with van der Waals surface area (Å²) in [5, 5.41) is 0. The third-order valence-electron chi connectivity index (χ3n) is 5.56. The molecule has 2 aromatic rings. The van der Waals surface area contributed by atoms with Crippen LogP contribution in [0.2, 0.25) is 0 Å². The van der Waals surface area contributed by atoms with Crippen LogP contribution >= 0.6 is 12.4 Å². The first-order chi connectivity index (χ1) is 13.4. The number of Topliss-reactive ketones (excluding diaryl/α,β-unsaturated/α-hetero) is 1. The molecular weight excluding hydrogens is 410 g/mol. The van der Waals surface area contributed by atoms with Crippen molar-refractivity contribution in [3.8, 4) is 5.75 Å². The second kappa shape index (κ2) is 9.74. The van der Waals surface area contributed by atoms with Gasteiger partial charge in [0.2, 0.25) is 10.0 Å². The Hall–Kier alpha value is -1.89. The molecule has 1 aliphatic rings. The number of hydrogen-bond acceptors (Lipinski definition) is 4. The van der Waals surface area contributed by atoms with Crippen LogP contribution in [0.25, 0.3) is 0 Å². The first kappa shape index (κ1) is 23.4. The van der Waals surface area contributed by atoms with Gasteiger partial charge in [-0.1, -0.05) is 37.3 Å². The maximum Gasteiger partial charge on any atom is 0.241 e.